The van der Waals surface area contributed by atoms with Gasteiger partial charge in [-0.05, 0) is 55.7 Å². The van der Waals surface area contributed by atoms with E-state index in [0.29, 0.717) is 29.8 Å². The Hall–Kier alpha value is -4.15. The first-order valence-electron chi connectivity index (χ1n) is 11.6. The summed E-state index contributed by atoms with van der Waals surface area (Å²) in [6.45, 7) is 5.64. The third kappa shape index (κ3) is 5.20. The van der Waals surface area contributed by atoms with Crippen LogP contribution in [0, 0.1) is 13.8 Å². The van der Waals surface area contributed by atoms with Crippen molar-refractivity contribution in [2.45, 2.75) is 39.8 Å². The number of alkyl halides is 3. The van der Waals surface area contributed by atoms with Gasteiger partial charge in [0.05, 0.1) is 36.4 Å². The van der Waals surface area contributed by atoms with Gasteiger partial charge < -0.3 is 10.1 Å². The number of carbonyl (C=O) groups excluding carboxylic acids is 1. The molecule has 4 aromatic rings. The molecule has 0 aliphatic rings. The quantitative estimate of drug-likeness (QED) is 0.353. The summed E-state index contributed by atoms with van der Waals surface area (Å²) >= 11 is 0. The van der Waals surface area contributed by atoms with E-state index in [0.717, 1.165) is 29.0 Å². The topological polar surface area (TPSA) is 86.9 Å². The van der Waals surface area contributed by atoms with Crippen molar-refractivity contribution in [2.24, 2.45) is 7.05 Å². The first-order chi connectivity index (χ1) is 17.5. The second-order valence-corrected chi connectivity index (χ2v) is 8.73. The number of aryl methyl sites for hydroxylation is 3. The molecule has 8 nitrogen and oxygen atoms in total. The minimum atomic E-state index is -4.57. The zero-order valence-corrected chi connectivity index (χ0v) is 21.1. The van der Waals surface area contributed by atoms with Crippen molar-refractivity contribution in [3.05, 3.63) is 70.7 Å². The van der Waals surface area contributed by atoms with Crippen LogP contribution < -0.4 is 10.1 Å². The zero-order chi connectivity index (χ0) is 26.9. The van der Waals surface area contributed by atoms with Gasteiger partial charge in [0.2, 0.25) is 0 Å². The Balaban J connectivity index is 1.68. The summed E-state index contributed by atoms with van der Waals surface area (Å²) in [5.74, 6) is -0.368. The molecule has 1 N–H and O–H groups in total. The van der Waals surface area contributed by atoms with Crippen LogP contribution in [0.3, 0.4) is 0 Å². The van der Waals surface area contributed by atoms with Gasteiger partial charge in [0.1, 0.15) is 11.4 Å². The zero-order valence-electron chi connectivity index (χ0n) is 21.1. The van der Waals surface area contributed by atoms with Crippen molar-refractivity contribution >= 4 is 11.6 Å². The second kappa shape index (κ2) is 10.1. The fourth-order valence-electron chi connectivity index (χ4n) is 4.09. The molecule has 11 heteroatoms. The van der Waals surface area contributed by atoms with Crippen molar-refractivity contribution in [3.63, 3.8) is 0 Å². The maximum atomic E-state index is 13.5. The van der Waals surface area contributed by atoms with E-state index in [1.54, 1.807) is 40.0 Å². The highest BCUT2D eigenvalue weighted by Crippen LogP contribution is 2.38. The third-order valence-electron chi connectivity index (χ3n) is 6.19. The van der Waals surface area contributed by atoms with E-state index in [1.807, 2.05) is 27.8 Å². The van der Waals surface area contributed by atoms with Gasteiger partial charge in [0.15, 0.2) is 0 Å². The number of carbonyl (C=O) groups is 1. The van der Waals surface area contributed by atoms with Crippen LogP contribution in [0.2, 0.25) is 0 Å². The number of methoxy groups -OCH3 is 1. The molecule has 2 aromatic heterocycles. The average Bonchev–Trinajstić information content (AvgIpc) is 3.45. The predicted octanol–water partition coefficient (Wildman–Crippen LogP) is 5.52. The van der Waals surface area contributed by atoms with E-state index < -0.39 is 17.6 Å². The summed E-state index contributed by atoms with van der Waals surface area (Å²) in [6.07, 6.45) is -0.139. The second-order valence-electron chi connectivity index (χ2n) is 8.73. The van der Waals surface area contributed by atoms with E-state index >= 15 is 0 Å². The lowest BCUT2D eigenvalue weighted by Crippen LogP contribution is -2.16. The summed E-state index contributed by atoms with van der Waals surface area (Å²) in [5.41, 5.74) is 3.55. The van der Waals surface area contributed by atoms with Gasteiger partial charge in [-0.2, -0.15) is 18.3 Å². The van der Waals surface area contributed by atoms with Crippen LogP contribution in [0.15, 0.2) is 42.7 Å². The number of anilines is 1. The lowest BCUT2D eigenvalue weighted by Gasteiger charge is -2.18. The molecular formula is C26H27F3N6O2. The lowest BCUT2D eigenvalue weighted by atomic mass is 10.0. The largest absolute Gasteiger partial charge is 0.494 e. The summed E-state index contributed by atoms with van der Waals surface area (Å²) < 4.78 is 49.3. The Labute approximate surface area is 212 Å². The number of nitrogens with one attached hydrogen (secondary N) is 1. The number of amides is 1. The minimum absolute atomic E-state index is 0.0389. The van der Waals surface area contributed by atoms with E-state index in [9.17, 15) is 18.0 Å². The molecule has 0 aliphatic carbocycles. The molecule has 0 atom stereocenters. The molecule has 0 saturated carbocycles. The standard InChI is InChI=1S/C26H27F3N6O2/c1-6-7-17-10-19(26(27,28)29)12-21(24(17)37-5)31-25(36)18-9-8-15(2)23(11-18)35-14-22(32-33-35)20-13-30-34(4)16(20)3/h8-14H,6-7H2,1-5H3,(H,31,36). The average molecular weight is 513 g/mol. The molecule has 2 aromatic carbocycles. The lowest BCUT2D eigenvalue weighted by molar-refractivity contribution is -0.137. The van der Waals surface area contributed by atoms with Crippen molar-refractivity contribution in [1.82, 2.24) is 24.8 Å². The van der Waals surface area contributed by atoms with Gasteiger partial charge in [-0.1, -0.05) is 24.6 Å². The number of ether oxygens (including phenoxy) is 1. The Morgan fingerprint density at radius 3 is 2.54 bits per heavy atom. The molecule has 37 heavy (non-hydrogen) atoms. The molecule has 0 radical (unpaired) electrons. The summed E-state index contributed by atoms with van der Waals surface area (Å²) in [7, 11) is 3.20. The fraction of sp³-hybridized carbons (Fsp3) is 0.308. The van der Waals surface area contributed by atoms with Crippen LogP contribution in [-0.2, 0) is 19.6 Å². The fourth-order valence-corrected chi connectivity index (χ4v) is 4.09. The number of benzene rings is 2. The molecule has 0 aliphatic heterocycles. The highest BCUT2D eigenvalue weighted by atomic mass is 19.4. The maximum Gasteiger partial charge on any atom is 0.416 e. The molecule has 0 saturated heterocycles. The highest BCUT2D eigenvalue weighted by molar-refractivity contribution is 6.05. The molecule has 194 valence electrons. The van der Waals surface area contributed by atoms with Gasteiger partial charge in [0.25, 0.3) is 5.91 Å². The third-order valence-corrected chi connectivity index (χ3v) is 6.19. The van der Waals surface area contributed by atoms with Crippen molar-refractivity contribution in [3.8, 4) is 22.7 Å². The van der Waals surface area contributed by atoms with Gasteiger partial charge in [-0.15, -0.1) is 5.10 Å². The van der Waals surface area contributed by atoms with Crippen molar-refractivity contribution in [2.75, 3.05) is 12.4 Å². The van der Waals surface area contributed by atoms with Crippen LogP contribution >= 0.6 is 0 Å². The number of hydrogen-bond acceptors (Lipinski definition) is 5. The summed E-state index contributed by atoms with van der Waals surface area (Å²) in [6, 6.07) is 6.92. The normalized spacial score (nSPS) is 11.6. The van der Waals surface area contributed by atoms with Crippen LogP contribution in [-0.4, -0.2) is 37.8 Å². The van der Waals surface area contributed by atoms with E-state index in [4.69, 9.17) is 4.74 Å². The van der Waals surface area contributed by atoms with Crippen LogP contribution in [0.5, 0.6) is 5.75 Å². The minimum Gasteiger partial charge on any atom is -0.494 e. The van der Waals surface area contributed by atoms with Gasteiger partial charge in [-0.25, -0.2) is 4.68 Å². The van der Waals surface area contributed by atoms with Gasteiger partial charge in [-0.3, -0.25) is 9.48 Å². The molecule has 0 bridgehead atoms. The number of aromatic nitrogens is 5. The SMILES string of the molecule is CCCc1cc(C(F)(F)F)cc(NC(=O)c2ccc(C)c(-n3cc(-c4cnn(C)c4C)nn3)c2)c1OC. The molecule has 0 fully saturated rings. The predicted molar refractivity (Wildman–Crippen MR) is 133 cm³/mol. The number of halogens is 3. The Kier molecular flexibility index (Phi) is 7.06. The monoisotopic (exact) mass is 512 g/mol. The van der Waals surface area contributed by atoms with E-state index in [1.165, 1.54) is 7.11 Å². The van der Waals surface area contributed by atoms with Crippen molar-refractivity contribution < 1.29 is 22.7 Å². The van der Waals surface area contributed by atoms with E-state index in [2.05, 4.69) is 20.7 Å². The molecule has 0 unspecified atom stereocenters. The molecule has 0 spiro atoms. The van der Waals surface area contributed by atoms with Crippen LogP contribution in [0.25, 0.3) is 16.9 Å². The molecule has 1 amide bonds. The Morgan fingerprint density at radius 1 is 1.16 bits per heavy atom. The molecular weight excluding hydrogens is 485 g/mol. The summed E-state index contributed by atoms with van der Waals surface area (Å²) in [4.78, 5) is 13.2. The number of hydrogen-bond donors (Lipinski definition) is 1. The first kappa shape index (κ1) is 25.9. The van der Waals surface area contributed by atoms with Crippen LogP contribution in [0.1, 0.15) is 46.1 Å². The van der Waals surface area contributed by atoms with E-state index in [-0.39, 0.29) is 17.0 Å². The van der Waals surface area contributed by atoms with Gasteiger partial charge in [0, 0.05) is 23.9 Å². The number of nitrogens with zero attached hydrogens (tertiary/aromatic N) is 5. The smallest absolute Gasteiger partial charge is 0.416 e. The Bertz CT molecular complexity index is 1460. The maximum absolute atomic E-state index is 13.5. The number of rotatable bonds is 7. The van der Waals surface area contributed by atoms with Crippen LogP contribution in [0.4, 0.5) is 18.9 Å². The van der Waals surface area contributed by atoms with Crippen molar-refractivity contribution in [1.29, 1.82) is 0 Å². The summed E-state index contributed by atoms with van der Waals surface area (Å²) in [5, 5.41) is 15.3. The first-order valence-corrected chi connectivity index (χ1v) is 11.6. The molecule has 2 heterocycles. The molecule has 4 rings (SSSR count). The highest BCUT2D eigenvalue weighted by Gasteiger charge is 2.32. The Morgan fingerprint density at radius 2 is 1.92 bits per heavy atom. The van der Waals surface area contributed by atoms with Gasteiger partial charge >= 0.3 is 6.18 Å².